The fourth-order valence-corrected chi connectivity index (χ4v) is 4.22. The fraction of sp³-hybridized carbons (Fsp3) is 0. The molecule has 1 aliphatic heterocycles. The summed E-state index contributed by atoms with van der Waals surface area (Å²) in [5, 5.41) is 13.8. The Hall–Kier alpha value is -2.08. The van der Waals surface area contributed by atoms with Crippen LogP contribution in [0.15, 0.2) is 45.1 Å². The second-order valence-electron chi connectivity index (χ2n) is 4.90. The van der Waals surface area contributed by atoms with E-state index in [1.54, 1.807) is 23.6 Å². The first kappa shape index (κ1) is 18.7. The molecule has 1 N–H and O–H groups in total. The largest absolute Gasteiger partial charge is 0.285 e. The van der Waals surface area contributed by atoms with E-state index in [4.69, 9.17) is 12.2 Å². The van der Waals surface area contributed by atoms with Crippen molar-refractivity contribution in [2.45, 2.75) is 0 Å². The highest BCUT2D eigenvalue weighted by molar-refractivity contribution is 9.10. The quantitative estimate of drug-likeness (QED) is 0.315. The number of hydrogen-bond donors (Lipinski definition) is 1. The minimum Gasteiger partial charge on any atom is -0.266 e. The van der Waals surface area contributed by atoms with Crippen LogP contribution in [0.1, 0.15) is 15.2 Å². The van der Waals surface area contributed by atoms with Crippen LogP contribution in [-0.2, 0) is 4.79 Å². The number of nitrogens with zero attached hydrogens (tertiary/aromatic N) is 2. The van der Waals surface area contributed by atoms with Gasteiger partial charge < -0.3 is 0 Å². The van der Waals surface area contributed by atoms with Crippen molar-refractivity contribution in [2.24, 2.45) is 0 Å². The SMILES string of the molecule is O=C(NN1C(=O)/C(=C/c2ccc(Br)c([N+](=O)[O-])c2)SC1=S)c1cccs1. The highest BCUT2D eigenvalue weighted by atomic mass is 79.9. The van der Waals surface area contributed by atoms with Crippen LogP contribution in [0.2, 0.25) is 0 Å². The highest BCUT2D eigenvalue weighted by Gasteiger charge is 2.34. The first-order chi connectivity index (χ1) is 12.4. The number of benzene rings is 1. The normalized spacial score (nSPS) is 15.6. The minimum absolute atomic E-state index is 0.111. The van der Waals surface area contributed by atoms with Crippen molar-refractivity contribution < 1.29 is 14.5 Å². The molecule has 0 spiro atoms. The van der Waals surface area contributed by atoms with Gasteiger partial charge in [-0.15, -0.1) is 11.3 Å². The van der Waals surface area contributed by atoms with E-state index in [0.717, 1.165) is 16.8 Å². The van der Waals surface area contributed by atoms with Crippen molar-refractivity contribution in [2.75, 3.05) is 0 Å². The second-order valence-corrected chi connectivity index (χ2v) is 8.38. The molecule has 3 rings (SSSR count). The molecule has 0 aliphatic carbocycles. The van der Waals surface area contributed by atoms with Gasteiger partial charge in [0, 0.05) is 6.07 Å². The number of hydrogen-bond acceptors (Lipinski definition) is 7. The van der Waals surface area contributed by atoms with Gasteiger partial charge in [0.25, 0.3) is 17.5 Å². The number of thiocarbonyl (C=S) groups is 1. The molecule has 0 atom stereocenters. The number of thioether (sulfide) groups is 1. The summed E-state index contributed by atoms with van der Waals surface area (Å²) >= 11 is 10.5. The van der Waals surface area contributed by atoms with Crippen LogP contribution in [0.5, 0.6) is 0 Å². The van der Waals surface area contributed by atoms with Gasteiger partial charge in [-0.1, -0.05) is 23.9 Å². The Morgan fingerprint density at radius 1 is 1.38 bits per heavy atom. The van der Waals surface area contributed by atoms with Crippen molar-refractivity contribution in [3.8, 4) is 0 Å². The third-order valence-electron chi connectivity index (χ3n) is 3.22. The number of rotatable bonds is 4. The molecule has 26 heavy (non-hydrogen) atoms. The van der Waals surface area contributed by atoms with Crippen LogP contribution in [-0.4, -0.2) is 26.1 Å². The van der Waals surface area contributed by atoms with E-state index in [-0.39, 0.29) is 14.9 Å². The molecule has 1 fully saturated rings. The van der Waals surface area contributed by atoms with Crippen molar-refractivity contribution in [1.82, 2.24) is 10.4 Å². The molecule has 7 nitrogen and oxygen atoms in total. The monoisotopic (exact) mass is 469 g/mol. The Morgan fingerprint density at radius 3 is 2.81 bits per heavy atom. The van der Waals surface area contributed by atoms with Gasteiger partial charge in [0.05, 0.1) is 19.2 Å². The van der Waals surface area contributed by atoms with Gasteiger partial charge in [0.15, 0.2) is 4.32 Å². The van der Waals surface area contributed by atoms with Crippen LogP contribution in [0.3, 0.4) is 0 Å². The molecule has 132 valence electrons. The van der Waals surface area contributed by atoms with Crippen molar-refractivity contribution in [3.63, 3.8) is 0 Å². The van der Waals surface area contributed by atoms with Gasteiger partial charge >= 0.3 is 0 Å². The summed E-state index contributed by atoms with van der Waals surface area (Å²) in [5.74, 6) is -0.924. The van der Waals surface area contributed by atoms with Crippen LogP contribution < -0.4 is 5.43 Å². The Labute approximate surface area is 169 Å². The fourth-order valence-electron chi connectivity index (χ4n) is 2.04. The number of nitro benzene ring substituents is 1. The number of carbonyl (C=O) groups excluding carboxylic acids is 2. The molecule has 2 aromatic rings. The van der Waals surface area contributed by atoms with E-state index in [1.165, 1.54) is 29.5 Å². The van der Waals surface area contributed by atoms with E-state index in [9.17, 15) is 19.7 Å². The van der Waals surface area contributed by atoms with Crippen LogP contribution in [0, 0.1) is 10.1 Å². The molecular formula is C15H8BrN3O4S3. The number of thiophene rings is 1. The summed E-state index contributed by atoms with van der Waals surface area (Å²) in [4.78, 5) is 35.8. The summed E-state index contributed by atoms with van der Waals surface area (Å²) in [6.07, 6.45) is 1.50. The molecule has 0 radical (unpaired) electrons. The average molecular weight is 470 g/mol. The zero-order valence-corrected chi connectivity index (χ0v) is 16.7. The van der Waals surface area contributed by atoms with E-state index >= 15 is 0 Å². The van der Waals surface area contributed by atoms with Gasteiger partial charge in [-0.3, -0.25) is 25.1 Å². The predicted octanol–water partition coefficient (Wildman–Crippen LogP) is 3.97. The maximum Gasteiger partial charge on any atom is 0.285 e. The molecule has 1 saturated heterocycles. The van der Waals surface area contributed by atoms with Crippen LogP contribution >= 0.6 is 51.2 Å². The number of halogens is 1. The summed E-state index contributed by atoms with van der Waals surface area (Å²) < 4.78 is 0.521. The Bertz CT molecular complexity index is 959. The number of amides is 2. The Kier molecular flexibility index (Phi) is 5.51. The summed E-state index contributed by atoms with van der Waals surface area (Å²) in [6.45, 7) is 0. The van der Waals surface area contributed by atoms with E-state index in [0.29, 0.717) is 14.9 Å². The van der Waals surface area contributed by atoms with E-state index in [2.05, 4.69) is 21.4 Å². The maximum atomic E-state index is 12.5. The van der Waals surface area contributed by atoms with Crippen molar-refractivity contribution >= 4 is 79.1 Å². The molecule has 11 heteroatoms. The highest BCUT2D eigenvalue weighted by Crippen LogP contribution is 2.33. The molecule has 1 aromatic carbocycles. The van der Waals surface area contributed by atoms with Gasteiger partial charge in [0.2, 0.25) is 0 Å². The van der Waals surface area contributed by atoms with Gasteiger partial charge in [-0.05, 0) is 57.3 Å². The lowest BCUT2D eigenvalue weighted by molar-refractivity contribution is -0.385. The Morgan fingerprint density at radius 2 is 2.15 bits per heavy atom. The van der Waals surface area contributed by atoms with Crippen molar-refractivity contribution in [1.29, 1.82) is 0 Å². The molecule has 1 aromatic heterocycles. The zero-order chi connectivity index (χ0) is 18.8. The second kappa shape index (κ2) is 7.66. The molecule has 0 saturated carbocycles. The average Bonchev–Trinajstić information content (AvgIpc) is 3.21. The first-order valence-electron chi connectivity index (χ1n) is 6.93. The lowest BCUT2D eigenvalue weighted by Gasteiger charge is -2.14. The van der Waals surface area contributed by atoms with Gasteiger partial charge in [-0.25, -0.2) is 0 Å². The maximum absolute atomic E-state index is 12.5. The third kappa shape index (κ3) is 3.85. The van der Waals surface area contributed by atoms with Gasteiger partial charge in [0.1, 0.15) is 0 Å². The number of carbonyl (C=O) groups is 2. The smallest absolute Gasteiger partial charge is 0.266 e. The number of nitrogens with one attached hydrogen (secondary N) is 1. The first-order valence-corrected chi connectivity index (χ1v) is 9.83. The molecule has 2 amide bonds. The van der Waals surface area contributed by atoms with E-state index < -0.39 is 16.7 Å². The predicted molar refractivity (Wildman–Crippen MR) is 108 cm³/mol. The van der Waals surface area contributed by atoms with Gasteiger partial charge in [-0.2, -0.15) is 5.01 Å². The molecule has 0 unspecified atom stereocenters. The van der Waals surface area contributed by atoms with Crippen LogP contribution in [0.4, 0.5) is 5.69 Å². The third-order valence-corrected chi connectivity index (χ3v) is 6.06. The lowest BCUT2D eigenvalue weighted by atomic mass is 10.2. The van der Waals surface area contributed by atoms with E-state index in [1.807, 2.05) is 0 Å². The lowest BCUT2D eigenvalue weighted by Crippen LogP contribution is -2.44. The summed E-state index contributed by atoms with van der Waals surface area (Å²) in [7, 11) is 0. The summed E-state index contributed by atoms with van der Waals surface area (Å²) in [5.41, 5.74) is 2.84. The zero-order valence-electron chi connectivity index (χ0n) is 12.7. The number of hydrazine groups is 1. The number of nitro groups is 1. The molecular weight excluding hydrogens is 462 g/mol. The molecule has 2 heterocycles. The standard InChI is InChI=1S/C15H8BrN3O4S3/c16-9-4-3-8(6-10(9)19(22)23)7-12-14(21)18(15(24)26-12)17-13(20)11-2-1-5-25-11/h1-7H,(H,17,20)/b12-7-. The minimum atomic E-state index is -0.520. The molecule has 0 bridgehead atoms. The van der Waals surface area contributed by atoms with Crippen molar-refractivity contribution in [3.05, 3.63) is 65.6 Å². The summed E-state index contributed by atoms with van der Waals surface area (Å²) in [6, 6.07) is 7.87. The Balaban J connectivity index is 1.82. The van der Waals surface area contributed by atoms with Crippen LogP contribution in [0.25, 0.3) is 6.08 Å². The molecule has 1 aliphatic rings. The topological polar surface area (TPSA) is 92.6 Å².